The standard InChI is InChI=1S/C21H20N2O3S/c1-3-26-20(24)18-17(15-10-6-4-7-11-15)14(2)27-19(18)23-21(25)22-16-12-8-5-9-13-16/h4-13H,3H2,1-2H3,(H2,22,23,25). The molecule has 2 N–H and O–H groups in total. The molecule has 1 heterocycles. The van der Waals surface area contributed by atoms with Gasteiger partial charge in [-0.15, -0.1) is 11.3 Å². The molecular formula is C21H20N2O3S. The van der Waals surface area contributed by atoms with E-state index in [1.54, 1.807) is 19.1 Å². The van der Waals surface area contributed by atoms with Crippen molar-refractivity contribution in [3.8, 4) is 11.1 Å². The van der Waals surface area contributed by atoms with Gasteiger partial charge in [-0.2, -0.15) is 0 Å². The number of carbonyl (C=O) groups excluding carboxylic acids is 2. The van der Waals surface area contributed by atoms with Crippen molar-refractivity contribution < 1.29 is 14.3 Å². The summed E-state index contributed by atoms with van der Waals surface area (Å²) in [5.41, 5.74) is 2.75. The maximum absolute atomic E-state index is 12.6. The number of rotatable bonds is 5. The molecule has 2 aromatic carbocycles. The third-order valence-electron chi connectivity index (χ3n) is 3.89. The molecule has 5 nitrogen and oxygen atoms in total. The zero-order valence-electron chi connectivity index (χ0n) is 15.1. The van der Waals surface area contributed by atoms with Crippen molar-refractivity contribution in [3.05, 3.63) is 71.1 Å². The normalized spacial score (nSPS) is 10.3. The first kappa shape index (κ1) is 18.7. The molecule has 2 amide bonds. The first-order chi connectivity index (χ1) is 13.1. The molecule has 0 aliphatic carbocycles. The maximum atomic E-state index is 12.6. The molecule has 0 atom stereocenters. The average molecular weight is 380 g/mol. The van der Waals surface area contributed by atoms with Crippen LogP contribution in [0.1, 0.15) is 22.2 Å². The van der Waals surface area contributed by atoms with Crippen LogP contribution in [0.15, 0.2) is 60.7 Å². The van der Waals surface area contributed by atoms with E-state index in [9.17, 15) is 9.59 Å². The number of benzene rings is 2. The fraction of sp³-hybridized carbons (Fsp3) is 0.143. The van der Waals surface area contributed by atoms with Crippen LogP contribution in [0.2, 0.25) is 0 Å². The predicted molar refractivity (Wildman–Crippen MR) is 110 cm³/mol. The summed E-state index contributed by atoms with van der Waals surface area (Å²) in [6, 6.07) is 18.3. The largest absolute Gasteiger partial charge is 0.462 e. The molecule has 6 heteroatoms. The molecule has 0 aliphatic rings. The van der Waals surface area contributed by atoms with E-state index in [0.29, 0.717) is 16.3 Å². The number of nitrogens with one attached hydrogen (secondary N) is 2. The van der Waals surface area contributed by atoms with E-state index >= 15 is 0 Å². The Labute approximate surface area is 162 Å². The van der Waals surface area contributed by atoms with Crippen molar-refractivity contribution >= 4 is 34.0 Å². The second-order valence-corrected chi connectivity index (χ2v) is 6.99. The number of para-hydroxylation sites is 1. The third-order valence-corrected chi connectivity index (χ3v) is 4.91. The minimum absolute atomic E-state index is 0.262. The average Bonchev–Trinajstić information content (AvgIpc) is 2.99. The van der Waals surface area contributed by atoms with Gasteiger partial charge in [0, 0.05) is 16.1 Å². The van der Waals surface area contributed by atoms with Gasteiger partial charge in [0.1, 0.15) is 10.6 Å². The molecule has 0 aliphatic heterocycles. The monoisotopic (exact) mass is 380 g/mol. The SMILES string of the molecule is CCOC(=O)c1c(NC(=O)Nc2ccccc2)sc(C)c1-c1ccccc1. The van der Waals surface area contributed by atoms with E-state index < -0.39 is 12.0 Å². The van der Waals surface area contributed by atoms with Gasteiger partial charge in [-0.25, -0.2) is 9.59 Å². The molecule has 3 aromatic rings. The summed E-state index contributed by atoms with van der Waals surface area (Å²) in [6.45, 7) is 3.95. The van der Waals surface area contributed by atoms with Gasteiger partial charge in [0.25, 0.3) is 0 Å². The van der Waals surface area contributed by atoms with Crippen LogP contribution >= 0.6 is 11.3 Å². The van der Waals surface area contributed by atoms with Crippen molar-refractivity contribution in [1.82, 2.24) is 0 Å². The first-order valence-electron chi connectivity index (χ1n) is 8.59. The minimum atomic E-state index is -0.448. The highest BCUT2D eigenvalue weighted by Gasteiger charge is 2.25. The highest BCUT2D eigenvalue weighted by molar-refractivity contribution is 7.17. The van der Waals surface area contributed by atoms with E-state index in [0.717, 1.165) is 16.0 Å². The lowest BCUT2D eigenvalue weighted by Crippen LogP contribution is -2.20. The zero-order valence-corrected chi connectivity index (χ0v) is 15.9. The van der Waals surface area contributed by atoms with E-state index in [1.807, 2.05) is 55.5 Å². The van der Waals surface area contributed by atoms with Gasteiger partial charge in [0.15, 0.2) is 0 Å². The van der Waals surface area contributed by atoms with Crippen molar-refractivity contribution in [2.75, 3.05) is 17.2 Å². The fourth-order valence-corrected chi connectivity index (χ4v) is 3.83. The van der Waals surface area contributed by atoms with Crippen molar-refractivity contribution in [2.24, 2.45) is 0 Å². The van der Waals surface area contributed by atoms with Gasteiger partial charge in [0.2, 0.25) is 0 Å². The smallest absolute Gasteiger partial charge is 0.341 e. The Kier molecular flexibility index (Phi) is 5.88. The number of esters is 1. The number of thiophene rings is 1. The number of urea groups is 1. The van der Waals surface area contributed by atoms with Gasteiger partial charge in [-0.3, -0.25) is 5.32 Å². The lowest BCUT2D eigenvalue weighted by atomic mass is 10.0. The summed E-state index contributed by atoms with van der Waals surface area (Å²) in [5.74, 6) is -0.448. The van der Waals surface area contributed by atoms with Crippen LogP contribution in [0.5, 0.6) is 0 Å². The lowest BCUT2D eigenvalue weighted by molar-refractivity contribution is 0.0529. The van der Waals surface area contributed by atoms with Gasteiger partial charge >= 0.3 is 12.0 Å². The summed E-state index contributed by atoms with van der Waals surface area (Å²) in [5, 5.41) is 6.03. The summed E-state index contributed by atoms with van der Waals surface area (Å²) in [4.78, 5) is 26.0. The number of hydrogen-bond donors (Lipinski definition) is 2. The highest BCUT2D eigenvalue weighted by Crippen LogP contribution is 2.40. The molecule has 0 bridgehead atoms. The van der Waals surface area contributed by atoms with Crippen LogP contribution in [0, 0.1) is 6.92 Å². The first-order valence-corrected chi connectivity index (χ1v) is 9.40. The van der Waals surface area contributed by atoms with Gasteiger partial charge < -0.3 is 10.1 Å². The quantitative estimate of drug-likeness (QED) is 0.571. The Morgan fingerprint density at radius 1 is 0.963 bits per heavy atom. The van der Waals surface area contributed by atoms with Crippen molar-refractivity contribution in [3.63, 3.8) is 0 Å². The molecule has 3 rings (SSSR count). The number of anilines is 2. The Morgan fingerprint density at radius 3 is 2.22 bits per heavy atom. The second kappa shape index (κ2) is 8.51. The summed E-state index contributed by atoms with van der Waals surface area (Å²) < 4.78 is 5.24. The number of carbonyl (C=O) groups is 2. The molecule has 1 aromatic heterocycles. The Hall–Kier alpha value is -3.12. The lowest BCUT2D eigenvalue weighted by Gasteiger charge is -2.10. The number of aryl methyl sites for hydroxylation is 1. The molecule has 0 radical (unpaired) electrons. The van der Waals surface area contributed by atoms with Crippen LogP contribution in [-0.4, -0.2) is 18.6 Å². The Balaban J connectivity index is 1.95. The van der Waals surface area contributed by atoms with Crippen LogP contribution in [0.3, 0.4) is 0 Å². The second-order valence-electron chi connectivity index (χ2n) is 5.77. The maximum Gasteiger partial charge on any atom is 0.341 e. The van der Waals surface area contributed by atoms with Gasteiger partial charge in [-0.05, 0) is 31.5 Å². The molecule has 27 heavy (non-hydrogen) atoms. The Morgan fingerprint density at radius 2 is 1.59 bits per heavy atom. The highest BCUT2D eigenvalue weighted by atomic mass is 32.1. The van der Waals surface area contributed by atoms with Crippen molar-refractivity contribution in [2.45, 2.75) is 13.8 Å². The number of hydrogen-bond acceptors (Lipinski definition) is 4. The van der Waals surface area contributed by atoms with Crippen LogP contribution in [0.25, 0.3) is 11.1 Å². The molecule has 0 fully saturated rings. The van der Waals surface area contributed by atoms with Crippen molar-refractivity contribution in [1.29, 1.82) is 0 Å². The number of ether oxygens (including phenoxy) is 1. The summed E-state index contributed by atoms with van der Waals surface area (Å²) in [7, 11) is 0. The molecule has 0 spiro atoms. The molecule has 0 saturated carbocycles. The third kappa shape index (κ3) is 4.35. The zero-order chi connectivity index (χ0) is 19.2. The minimum Gasteiger partial charge on any atom is -0.462 e. The molecule has 138 valence electrons. The van der Waals surface area contributed by atoms with E-state index in [1.165, 1.54) is 11.3 Å². The van der Waals surface area contributed by atoms with Crippen LogP contribution in [0.4, 0.5) is 15.5 Å². The fourth-order valence-electron chi connectivity index (χ4n) is 2.77. The predicted octanol–water partition coefficient (Wildman–Crippen LogP) is 5.54. The molecular weight excluding hydrogens is 360 g/mol. The summed E-state index contributed by atoms with van der Waals surface area (Å²) >= 11 is 1.36. The van der Waals surface area contributed by atoms with Crippen LogP contribution in [-0.2, 0) is 4.74 Å². The number of amides is 2. The van der Waals surface area contributed by atoms with E-state index in [2.05, 4.69) is 10.6 Å². The van der Waals surface area contributed by atoms with E-state index in [-0.39, 0.29) is 6.61 Å². The molecule has 0 saturated heterocycles. The topological polar surface area (TPSA) is 67.4 Å². The Bertz CT molecular complexity index is 937. The van der Waals surface area contributed by atoms with Crippen LogP contribution < -0.4 is 10.6 Å². The van der Waals surface area contributed by atoms with E-state index in [4.69, 9.17) is 4.74 Å². The summed E-state index contributed by atoms with van der Waals surface area (Å²) in [6.07, 6.45) is 0. The van der Waals surface area contributed by atoms with Gasteiger partial charge in [-0.1, -0.05) is 48.5 Å². The molecule has 0 unspecified atom stereocenters. The van der Waals surface area contributed by atoms with Gasteiger partial charge in [0.05, 0.1) is 6.61 Å².